The summed E-state index contributed by atoms with van der Waals surface area (Å²) in [4.78, 5) is 42.8. The fourth-order valence-electron chi connectivity index (χ4n) is 7.39. The number of carbonyl (C=O) groups is 2. The van der Waals surface area contributed by atoms with Crippen molar-refractivity contribution in [2.75, 3.05) is 6.61 Å². The first-order valence-corrected chi connectivity index (χ1v) is 12.4. The molecule has 4 N–H and O–H groups in total. The number of aliphatic hydroxyl groups is 2. The number of allylic oxidation sites excluding steroid dienone is 4. The molecule has 32 heavy (non-hydrogen) atoms. The monoisotopic (exact) mass is 472 g/mol. The molecular formula is C22H30FO8P. The Bertz CT molecular complexity index is 973. The minimum absolute atomic E-state index is 0.211. The highest BCUT2D eigenvalue weighted by Crippen LogP contribution is 2.70. The lowest BCUT2D eigenvalue weighted by Gasteiger charge is -2.62. The fourth-order valence-corrected chi connectivity index (χ4v) is 7.68. The zero-order valence-corrected chi connectivity index (χ0v) is 19.2. The van der Waals surface area contributed by atoms with E-state index in [0.717, 1.165) is 0 Å². The maximum absolute atomic E-state index is 17.0. The van der Waals surface area contributed by atoms with Crippen LogP contribution >= 0.6 is 7.82 Å². The molecule has 0 spiro atoms. The molecule has 8 atom stereocenters. The van der Waals surface area contributed by atoms with Gasteiger partial charge in [-0.1, -0.05) is 25.5 Å². The predicted molar refractivity (Wildman–Crippen MR) is 111 cm³/mol. The molecule has 0 aromatic heterocycles. The Morgan fingerprint density at radius 1 is 1.31 bits per heavy atom. The van der Waals surface area contributed by atoms with Gasteiger partial charge in [0.1, 0.15) is 12.2 Å². The number of fused-ring (bicyclic) bond motifs is 5. The highest BCUT2D eigenvalue weighted by Gasteiger charge is 2.75. The van der Waals surface area contributed by atoms with Crippen molar-refractivity contribution >= 4 is 19.4 Å². The van der Waals surface area contributed by atoms with Crippen molar-refractivity contribution < 1.29 is 43.1 Å². The Morgan fingerprint density at radius 2 is 1.97 bits per heavy atom. The van der Waals surface area contributed by atoms with Gasteiger partial charge in [0.05, 0.1) is 6.10 Å². The fraction of sp³-hybridized carbons (Fsp3) is 0.727. The Balaban J connectivity index is 1.74. The lowest BCUT2D eigenvalue weighted by molar-refractivity contribution is -0.219. The van der Waals surface area contributed by atoms with Gasteiger partial charge in [0.25, 0.3) is 0 Å². The molecule has 0 heterocycles. The van der Waals surface area contributed by atoms with Crippen molar-refractivity contribution in [1.29, 1.82) is 0 Å². The molecular weight excluding hydrogens is 442 g/mol. The summed E-state index contributed by atoms with van der Waals surface area (Å²) >= 11 is 0. The molecule has 0 aromatic carbocycles. The molecule has 0 aromatic rings. The number of carbonyl (C=O) groups excluding carboxylic acids is 2. The minimum atomic E-state index is -4.93. The van der Waals surface area contributed by atoms with Crippen LogP contribution in [0.1, 0.15) is 46.5 Å². The zero-order valence-electron chi connectivity index (χ0n) is 18.3. The topological polar surface area (TPSA) is 141 Å². The summed E-state index contributed by atoms with van der Waals surface area (Å²) in [7, 11) is -4.93. The van der Waals surface area contributed by atoms with E-state index in [0.29, 0.717) is 24.8 Å². The molecule has 0 amide bonds. The van der Waals surface area contributed by atoms with Crippen molar-refractivity contribution in [3.05, 3.63) is 23.8 Å². The Morgan fingerprint density at radius 3 is 2.59 bits per heavy atom. The van der Waals surface area contributed by atoms with Crippen molar-refractivity contribution in [3.8, 4) is 0 Å². The summed E-state index contributed by atoms with van der Waals surface area (Å²) < 4.78 is 32.5. The molecule has 10 heteroatoms. The smallest absolute Gasteiger partial charge is 0.390 e. The predicted octanol–water partition coefficient (Wildman–Crippen LogP) is 2.01. The van der Waals surface area contributed by atoms with Crippen LogP contribution in [0, 0.1) is 28.6 Å². The van der Waals surface area contributed by atoms with Crippen molar-refractivity contribution in [1.82, 2.24) is 0 Å². The second-order valence-corrected chi connectivity index (χ2v) is 11.6. The average Bonchev–Trinajstić information content (AvgIpc) is 2.89. The van der Waals surface area contributed by atoms with Crippen molar-refractivity contribution in [2.45, 2.75) is 63.8 Å². The van der Waals surface area contributed by atoms with Crippen LogP contribution in [0.15, 0.2) is 23.8 Å². The van der Waals surface area contributed by atoms with Gasteiger partial charge in [-0.15, -0.1) is 0 Å². The van der Waals surface area contributed by atoms with E-state index in [1.165, 1.54) is 18.2 Å². The van der Waals surface area contributed by atoms with Gasteiger partial charge in [0.15, 0.2) is 17.2 Å². The molecule has 3 saturated carbocycles. The highest BCUT2D eigenvalue weighted by molar-refractivity contribution is 7.46. The van der Waals surface area contributed by atoms with E-state index in [4.69, 9.17) is 9.79 Å². The molecule has 0 bridgehead atoms. The van der Waals surface area contributed by atoms with Crippen LogP contribution in [0.25, 0.3) is 0 Å². The number of aliphatic hydroxyl groups excluding tert-OH is 1. The van der Waals surface area contributed by atoms with Gasteiger partial charge in [0, 0.05) is 16.7 Å². The van der Waals surface area contributed by atoms with Crippen LogP contribution in [0.4, 0.5) is 4.39 Å². The maximum Gasteiger partial charge on any atom is 0.470 e. The molecule has 8 nitrogen and oxygen atoms in total. The third kappa shape index (κ3) is 2.95. The van der Waals surface area contributed by atoms with Gasteiger partial charge >= 0.3 is 7.82 Å². The van der Waals surface area contributed by atoms with Gasteiger partial charge in [-0.3, -0.25) is 14.1 Å². The van der Waals surface area contributed by atoms with Crippen molar-refractivity contribution in [2.24, 2.45) is 28.6 Å². The number of Topliss-reactive ketones (excluding diaryl/α,β-unsaturated/α-hetero) is 1. The molecule has 3 fully saturated rings. The first-order valence-electron chi connectivity index (χ1n) is 10.9. The van der Waals surface area contributed by atoms with Crippen LogP contribution in [-0.2, 0) is 18.7 Å². The van der Waals surface area contributed by atoms with Gasteiger partial charge < -0.3 is 20.0 Å². The second-order valence-electron chi connectivity index (χ2n) is 10.4. The standard InChI is InChI=1S/C22H30FO8P/c1-12-8-16-15-5-4-13-9-14(24)6-7-19(13,2)21(15,23)17(25)10-20(16,3)22(12,27)18(26)11-31-32(28,29)30/h6-7,9,12,15-17,25,27H,4-5,8,10-11H2,1-3H3,(H2,28,29,30)/t12-,15?,16+,17+,19+,20+,21+,22+/m1/s1. The van der Waals surface area contributed by atoms with E-state index in [2.05, 4.69) is 4.52 Å². The van der Waals surface area contributed by atoms with Gasteiger partial charge in [-0.05, 0) is 56.6 Å². The summed E-state index contributed by atoms with van der Waals surface area (Å²) in [5.74, 6) is -2.87. The van der Waals surface area contributed by atoms with Crippen LogP contribution in [0.3, 0.4) is 0 Å². The van der Waals surface area contributed by atoms with E-state index < -0.39 is 66.2 Å². The SMILES string of the molecule is C[C@@H]1C[C@H]2C3CCC4=CC(=O)C=C[C@]4(C)[C@@]3(F)[C@@H](O)C[C@]2(C)[C@@]1(O)C(=O)COP(=O)(O)O. The molecule has 1 unspecified atom stereocenters. The molecule has 4 aliphatic rings. The first kappa shape index (κ1) is 23.9. The molecule has 4 rings (SSSR count). The van der Waals surface area contributed by atoms with Gasteiger partial charge in [-0.25, -0.2) is 8.96 Å². The molecule has 178 valence electrons. The van der Waals surface area contributed by atoms with Crippen LogP contribution in [-0.4, -0.2) is 55.5 Å². The van der Waals surface area contributed by atoms with Crippen LogP contribution < -0.4 is 0 Å². The number of hydrogen-bond donors (Lipinski definition) is 4. The van der Waals surface area contributed by atoms with E-state index >= 15 is 4.39 Å². The van der Waals surface area contributed by atoms with Crippen LogP contribution in [0.5, 0.6) is 0 Å². The summed E-state index contributed by atoms with van der Waals surface area (Å²) in [5.41, 5.74) is -5.88. The van der Waals surface area contributed by atoms with Crippen LogP contribution in [0.2, 0.25) is 0 Å². The number of hydrogen-bond acceptors (Lipinski definition) is 6. The normalized spacial score (nSPS) is 48.0. The second kappa shape index (κ2) is 7.14. The van der Waals surface area contributed by atoms with E-state index in [1.807, 2.05) is 0 Å². The average molecular weight is 472 g/mol. The number of halogens is 1. The first-order chi connectivity index (χ1) is 14.6. The molecule has 0 saturated heterocycles. The summed E-state index contributed by atoms with van der Waals surface area (Å²) in [6.45, 7) is 4.00. The molecule has 0 aliphatic heterocycles. The Hall–Kier alpha value is -1.22. The maximum atomic E-state index is 17.0. The number of phosphoric acid groups is 1. The largest absolute Gasteiger partial charge is 0.470 e. The number of ketones is 2. The Labute approximate surface area is 185 Å². The van der Waals surface area contributed by atoms with Crippen molar-refractivity contribution in [3.63, 3.8) is 0 Å². The summed E-state index contributed by atoms with van der Waals surface area (Å²) in [5, 5.41) is 22.8. The van der Waals surface area contributed by atoms with E-state index in [1.54, 1.807) is 20.8 Å². The van der Waals surface area contributed by atoms with E-state index in [9.17, 15) is 24.4 Å². The lowest BCUT2D eigenvalue weighted by atomic mass is 9.44. The van der Waals surface area contributed by atoms with Gasteiger partial charge in [-0.2, -0.15) is 0 Å². The highest BCUT2D eigenvalue weighted by atomic mass is 31.2. The third-order valence-corrected chi connectivity index (χ3v) is 9.48. The lowest BCUT2D eigenvalue weighted by Crippen LogP contribution is -2.69. The van der Waals surface area contributed by atoms with Gasteiger partial charge in [0.2, 0.25) is 0 Å². The van der Waals surface area contributed by atoms with E-state index in [-0.39, 0.29) is 12.2 Å². The summed E-state index contributed by atoms with van der Waals surface area (Å²) in [6.07, 6.45) is 3.70. The third-order valence-electron chi connectivity index (χ3n) is 9.01. The summed E-state index contributed by atoms with van der Waals surface area (Å²) in [6, 6.07) is 0. The molecule has 4 aliphatic carbocycles. The number of rotatable bonds is 4. The Kier molecular flexibility index (Phi) is 5.34. The number of alkyl halides is 1. The quantitative estimate of drug-likeness (QED) is 0.456. The zero-order chi connectivity index (χ0) is 23.9. The minimum Gasteiger partial charge on any atom is -0.390 e. The number of phosphoric ester groups is 1. The molecule has 0 radical (unpaired) electrons.